The van der Waals surface area contributed by atoms with E-state index in [1.54, 1.807) is 11.3 Å². The summed E-state index contributed by atoms with van der Waals surface area (Å²) in [5.41, 5.74) is 2.11. The molecule has 1 aliphatic carbocycles. The molecule has 0 saturated heterocycles. The number of fused-ring (bicyclic) bond motifs is 3. The van der Waals surface area contributed by atoms with Crippen molar-refractivity contribution in [2.75, 3.05) is 13.1 Å². The van der Waals surface area contributed by atoms with E-state index in [0.717, 1.165) is 48.0 Å². The molecule has 2 N–H and O–H groups in total. The minimum absolute atomic E-state index is 0.0166. The Morgan fingerprint density at radius 2 is 2.14 bits per heavy atom. The van der Waals surface area contributed by atoms with Crippen molar-refractivity contribution < 1.29 is 5.11 Å². The molecule has 1 aromatic carbocycles. The van der Waals surface area contributed by atoms with Crippen molar-refractivity contribution in [1.82, 2.24) is 14.9 Å². The summed E-state index contributed by atoms with van der Waals surface area (Å²) in [6, 6.07) is 9.71. The molecule has 0 bridgehead atoms. The van der Waals surface area contributed by atoms with Crippen LogP contribution in [0.2, 0.25) is 0 Å². The number of rotatable bonds is 7. The van der Waals surface area contributed by atoms with Crippen molar-refractivity contribution >= 4 is 21.6 Å². The third-order valence-corrected chi connectivity index (χ3v) is 6.89. The van der Waals surface area contributed by atoms with Crippen molar-refractivity contribution in [3.05, 3.63) is 62.5 Å². The summed E-state index contributed by atoms with van der Waals surface area (Å²) >= 11 is 1.68. The second-order valence-electron chi connectivity index (χ2n) is 8.21. The molecule has 0 amide bonds. The van der Waals surface area contributed by atoms with Gasteiger partial charge >= 0.3 is 0 Å². The number of benzene rings is 1. The van der Waals surface area contributed by atoms with E-state index < -0.39 is 6.10 Å². The summed E-state index contributed by atoms with van der Waals surface area (Å²) in [5, 5.41) is 11.4. The van der Waals surface area contributed by atoms with E-state index in [9.17, 15) is 9.90 Å². The Labute approximate surface area is 175 Å². The highest BCUT2D eigenvalue weighted by Crippen LogP contribution is 2.35. The van der Waals surface area contributed by atoms with Crippen LogP contribution in [0.4, 0.5) is 0 Å². The molecule has 0 radical (unpaired) electrons. The van der Waals surface area contributed by atoms with Gasteiger partial charge in [0.25, 0.3) is 5.56 Å². The predicted octanol–water partition coefficient (Wildman–Crippen LogP) is 4.06. The molecule has 2 heterocycles. The average Bonchev–Trinajstić information content (AvgIpc) is 3.06. The van der Waals surface area contributed by atoms with Gasteiger partial charge in [-0.25, -0.2) is 4.98 Å². The molecule has 0 fully saturated rings. The minimum atomic E-state index is -0.561. The minimum Gasteiger partial charge on any atom is -0.387 e. The number of aliphatic hydroxyl groups is 1. The maximum absolute atomic E-state index is 12.8. The van der Waals surface area contributed by atoms with Gasteiger partial charge in [0.15, 0.2) is 0 Å². The van der Waals surface area contributed by atoms with Gasteiger partial charge in [-0.3, -0.25) is 9.69 Å². The fourth-order valence-corrected chi connectivity index (χ4v) is 5.66. The summed E-state index contributed by atoms with van der Waals surface area (Å²) in [7, 11) is 0. The van der Waals surface area contributed by atoms with Crippen molar-refractivity contribution in [3.63, 3.8) is 0 Å². The maximum atomic E-state index is 12.8. The second-order valence-corrected chi connectivity index (χ2v) is 9.29. The Balaban J connectivity index is 1.57. The van der Waals surface area contributed by atoms with Crippen LogP contribution in [0.3, 0.4) is 0 Å². The number of hydrogen-bond donors (Lipinski definition) is 2. The number of H-pyrrole nitrogens is 1. The first kappa shape index (κ1) is 20.3. The molecular weight excluding hydrogens is 382 g/mol. The quantitative estimate of drug-likeness (QED) is 0.615. The predicted molar refractivity (Wildman–Crippen MR) is 118 cm³/mol. The molecule has 29 heavy (non-hydrogen) atoms. The zero-order chi connectivity index (χ0) is 20.4. The van der Waals surface area contributed by atoms with Gasteiger partial charge in [0.05, 0.1) is 18.0 Å². The third kappa shape index (κ3) is 4.44. The molecule has 5 nitrogen and oxygen atoms in total. The zero-order valence-corrected chi connectivity index (χ0v) is 18.0. The van der Waals surface area contributed by atoms with Gasteiger partial charge in [0, 0.05) is 11.4 Å². The summed E-state index contributed by atoms with van der Waals surface area (Å²) in [5.74, 6) is 1.36. The topological polar surface area (TPSA) is 69.2 Å². The molecule has 0 saturated carbocycles. The summed E-state index contributed by atoms with van der Waals surface area (Å²) in [4.78, 5) is 25.0. The first-order chi connectivity index (χ1) is 14.0. The van der Waals surface area contributed by atoms with Gasteiger partial charge in [0.2, 0.25) is 0 Å². The van der Waals surface area contributed by atoms with E-state index >= 15 is 0 Å². The molecule has 2 atom stereocenters. The first-order valence-electron chi connectivity index (χ1n) is 10.5. The van der Waals surface area contributed by atoms with E-state index in [1.807, 2.05) is 30.3 Å². The summed E-state index contributed by atoms with van der Waals surface area (Å²) in [6.07, 6.45) is 3.58. The SMILES string of the molecule is CCCN(Cc1nc2sc3c(c2c(=O)[nH]1)CC[C@H](C)C3)C[C@@H](O)c1ccccc1. The number of hydrogen-bond acceptors (Lipinski definition) is 5. The van der Waals surface area contributed by atoms with Crippen LogP contribution in [0.25, 0.3) is 10.2 Å². The molecule has 4 rings (SSSR count). The van der Waals surface area contributed by atoms with Gasteiger partial charge in [-0.05, 0) is 49.3 Å². The van der Waals surface area contributed by atoms with Crippen LogP contribution in [0.5, 0.6) is 0 Å². The lowest BCUT2D eigenvalue weighted by atomic mass is 9.89. The number of aryl methyl sites for hydroxylation is 1. The third-order valence-electron chi connectivity index (χ3n) is 5.74. The van der Waals surface area contributed by atoms with Crippen LogP contribution in [-0.2, 0) is 19.4 Å². The maximum Gasteiger partial charge on any atom is 0.259 e. The van der Waals surface area contributed by atoms with Crippen molar-refractivity contribution in [3.8, 4) is 0 Å². The molecule has 2 aromatic heterocycles. The largest absolute Gasteiger partial charge is 0.387 e. The van der Waals surface area contributed by atoms with Crippen LogP contribution >= 0.6 is 11.3 Å². The van der Waals surface area contributed by atoms with Gasteiger partial charge in [-0.15, -0.1) is 11.3 Å². The highest BCUT2D eigenvalue weighted by atomic mass is 32.1. The Hall–Kier alpha value is -2.02. The van der Waals surface area contributed by atoms with Crippen LogP contribution in [-0.4, -0.2) is 33.1 Å². The number of aliphatic hydroxyl groups excluding tert-OH is 1. The van der Waals surface area contributed by atoms with E-state index in [1.165, 1.54) is 10.4 Å². The Morgan fingerprint density at radius 3 is 2.90 bits per heavy atom. The molecule has 0 aliphatic heterocycles. The standard InChI is InChI=1S/C23H29N3O2S/c1-3-11-26(13-18(27)16-7-5-4-6-8-16)14-20-24-22(28)21-17-10-9-15(2)12-19(17)29-23(21)25-20/h4-8,15,18,27H,3,9-14H2,1-2H3,(H,24,25,28)/t15-,18+/m0/s1. The number of nitrogens with one attached hydrogen (secondary N) is 1. The van der Waals surface area contributed by atoms with Gasteiger partial charge < -0.3 is 10.1 Å². The smallest absolute Gasteiger partial charge is 0.259 e. The Kier molecular flexibility index (Phi) is 6.13. The van der Waals surface area contributed by atoms with Crippen molar-refractivity contribution in [1.29, 1.82) is 0 Å². The van der Waals surface area contributed by atoms with Crippen LogP contribution in [0.1, 0.15) is 54.6 Å². The van der Waals surface area contributed by atoms with Crippen LogP contribution in [0, 0.1) is 5.92 Å². The molecule has 154 valence electrons. The molecule has 1 aliphatic rings. The lowest BCUT2D eigenvalue weighted by Gasteiger charge is -2.24. The highest BCUT2D eigenvalue weighted by molar-refractivity contribution is 7.18. The van der Waals surface area contributed by atoms with Crippen molar-refractivity contribution in [2.24, 2.45) is 5.92 Å². The number of nitrogens with zero attached hydrogens (tertiary/aromatic N) is 2. The summed E-state index contributed by atoms with van der Waals surface area (Å²) in [6.45, 7) is 6.27. The molecular formula is C23H29N3O2S. The van der Waals surface area contributed by atoms with E-state index in [2.05, 4.69) is 23.7 Å². The first-order valence-corrected chi connectivity index (χ1v) is 11.4. The average molecular weight is 412 g/mol. The van der Waals surface area contributed by atoms with E-state index in [-0.39, 0.29) is 5.56 Å². The molecule has 6 heteroatoms. The Morgan fingerprint density at radius 1 is 1.34 bits per heavy atom. The monoisotopic (exact) mass is 411 g/mol. The van der Waals surface area contributed by atoms with Crippen LogP contribution < -0.4 is 5.56 Å². The highest BCUT2D eigenvalue weighted by Gasteiger charge is 2.23. The number of aromatic nitrogens is 2. The van der Waals surface area contributed by atoms with Crippen molar-refractivity contribution in [2.45, 2.75) is 52.2 Å². The fourth-order valence-electron chi connectivity index (χ4n) is 4.26. The van der Waals surface area contributed by atoms with E-state index in [4.69, 9.17) is 4.98 Å². The Bertz CT molecular complexity index is 1030. The van der Waals surface area contributed by atoms with Crippen LogP contribution in [0.15, 0.2) is 35.1 Å². The molecule has 3 aromatic rings. The lowest BCUT2D eigenvalue weighted by molar-refractivity contribution is 0.107. The molecule has 0 spiro atoms. The lowest BCUT2D eigenvalue weighted by Crippen LogP contribution is -2.30. The number of thiophene rings is 1. The van der Waals surface area contributed by atoms with Gasteiger partial charge in [0.1, 0.15) is 10.7 Å². The molecule has 0 unspecified atom stereocenters. The number of aromatic amines is 1. The summed E-state index contributed by atoms with van der Waals surface area (Å²) < 4.78 is 0. The zero-order valence-electron chi connectivity index (χ0n) is 17.1. The van der Waals surface area contributed by atoms with Gasteiger partial charge in [-0.1, -0.05) is 44.2 Å². The van der Waals surface area contributed by atoms with E-state index in [0.29, 0.717) is 24.8 Å². The normalized spacial score (nSPS) is 17.6. The van der Waals surface area contributed by atoms with Gasteiger partial charge in [-0.2, -0.15) is 0 Å². The fraction of sp³-hybridized carbons (Fsp3) is 0.478. The second kappa shape index (κ2) is 8.78.